The highest BCUT2D eigenvalue weighted by atomic mass is 16.2. The molecule has 1 amide bonds. The third kappa shape index (κ3) is 1.79. The molecule has 4 heteroatoms. The van der Waals surface area contributed by atoms with Crippen LogP contribution < -0.4 is 0 Å². The van der Waals surface area contributed by atoms with Crippen molar-refractivity contribution in [2.24, 2.45) is 0 Å². The van der Waals surface area contributed by atoms with Gasteiger partial charge in [0.25, 0.3) is 5.91 Å². The van der Waals surface area contributed by atoms with Crippen molar-refractivity contribution in [3.05, 3.63) is 23.3 Å². The smallest absolute Gasteiger partial charge is 0.257 e. The van der Waals surface area contributed by atoms with Crippen LogP contribution in [0.5, 0.6) is 0 Å². The van der Waals surface area contributed by atoms with Crippen molar-refractivity contribution in [3.63, 3.8) is 0 Å². The molecular weight excluding hydrogens is 182 g/mol. The maximum Gasteiger partial charge on any atom is 0.257 e. The molecule has 0 aromatic rings. The lowest BCUT2D eigenvalue weighted by Gasteiger charge is -2.14. The fourth-order valence-electron chi connectivity index (χ4n) is 1.14. The minimum atomic E-state index is -0.434. The quantitative estimate of drug-likeness (QED) is 0.438. The predicted molar refractivity (Wildman–Crippen MR) is 50.5 cm³/mol. The largest absolute Gasteiger partial charge is 0.345 e. The van der Waals surface area contributed by atoms with Crippen molar-refractivity contribution in [2.45, 2.75) is 6.92 Å². The van der Waals surface area contributed by atoms with E-state index in [0.29, 0.717) is 5.57 Å². The van der Waals surface area contributed by atoms with Crippen LogP contribution in [0.15, 0.2) is 23.3 Å². The highest BCUT2D eigenvalue weighted by Crippen LogP contribution is 2.13. The number of rotatable bonds is 1. The first-order valence-electron chi connectivity index (χ1n) is 4.14. The molecule has 0 radical (unpaired) electrons. The molecule has 0 saturated heterocycles. The number of amides is 1. The molecule has 0 N–H and O–H groups in total. The molecule has 0 heterocycles. The fraction of sp³-hybridized carbons (Fsp3) is 0.300. The number of likely N-dealkylation sites (N-methyl/N-ethyl adjacent to an activating group) is 1. The third-order valence-electron chi connectivity index (χ3n) is 1.88. The maximum atomic E-state index is 11.5. The van der Waals surface area contributed by atoms with E-state index in [4.69, 9.17) is 0 Å². The Labute approximate surface area is 81.9 Å². The van der Waals surface area contributed by atoms with Gasteiger partial charge in [0.1, 0.15) is 0 Å². The molecule has 4 nitrogen and oxygen atoms in total. The van der Waals surface area contributed by atoms with Gasteiger partial charge in [-0.15, -0.1) is 0 Å². The summed E-state index contributed by atoms with van der Waals surface area (Å²) in [4.78, 5) is 35.3. The zero-order valence-electron chi connectivity index (χ0n) is 8.33. The Morgan fingerprint density at radius 2 is 1.79 bits per heavy atom. The van der Waals surface area contributed by atoms with Gasteiger partial charge in [-0.2, -0.15) is 0 Å². The van der Waals surface area contributed by atoms with Crippen LogP contribution in [0.4, 0.5) is 0 Å². The van der Waals surface area contributed by atoms with Crippen LogP contribution in [0.1, 0.15) is 6.92 Å². The maximum absolute atomic E-state index is 11.5. The van der Waals surface area contributed by atoms with E-state index in [0.717, 1.165) is 6.08 Å². The molecule has 1 aliphatic carbocycles. The Kier molecular flexibility index (Phi) is 2.65. The van der Waals surface area contributed by atoms with Crippen molar-refractivity contribution in [1.29, 1.82) is 0 Å². The van der Waals surface area contributed by atoms with Crippen molar-refractivity contribution < 1.29 is 14.4 Å². The van der Waals surface area contributed by atoms with Gasteiger partial charge in [-0.05, 0) is 13.0 Å². The summed E-state index contributed by atoms with van der Waals surface area (Å²) in [7, 11) is 3.07. The molecule has 0 aromatic carbocycles. The molecule has 0 bridgehead atoms. The van der Waals surface area contributed by atoms with Gasteiger partial charge >= 0.3 is 0 Å². The second-order valence-electron chi connectivity index (χ2n) is 3.32. The number of allylic oxidation sites excluding steroid dienone is 3. The van der Waals surface area contributed by atoms with Crippen LogP contribution >= 0.6 is 0 Å². The molecule has 1 aliphatic rings. The number of Topliss-reactive ketones (excluding diaryl/α,β-unsaturated/α-hetero) is 1. The SMILES string of the molecule is CC1=CC(=O)C=C(C(=O)N(C)C)C1=O. The lowest BCUT2D eigenvalue weighted by atomic mass is 9.96. The van der Waals surface area contributed by atoms with E-state index in [1.54, 1.807) is 0 Å². The summed E-state index contributed by atoms with van der Waals surface area (Å²) < 4.78 is 0. The normalized spacial score (nSPS) is 16.2. The van der Waals surface area contributed by atoms with Crippen LogP contribution in [0.2, 0.25) is 0 Å². The summed E-state index contributed by atoms with van der Waals surface area (Å²) in [6, 6.07) is 0. The van der Waals surface area contributed by atoms with Crippen LogP contribution in [0.3, 0.4) is 0 Å². The lowest BCUT2D eigenvalue weighted by Crippen LogP contribution is -2.29. The zero-order valence-corrected chi connectivity index (χ0v) is 8.33. The second kappa shape index (κ2) is 3.57. The first kappa shape index (κ1) is 10.4. The summed E-state index contributed by atoms with van der Waals surface area (Å²) in [5, 5.41) is 0. The molecule has 0 atom stereocenters. The molecule has 14 heavy (non-hydrogen) atoms. The van der Waals surface area contributed by atoms with Crippen molar-refractivity contribution in [3.8, 4) is 0 Å². The summed E-state index contributed by atoms with van der Waals surface area (Å²) in [6.45, 7) is 1.52. The molecule has 0 saturated carbocycles. The predicted octanol–water partition coefficient (Wildman–Crippen LogP) is 0.0991. The van der Waals surface area contributed by atoms with Crippen LogP contribution in [0, 0.1) is 0 Å². The summed E-state index contributed by atoms with van der Waals surface area (Å²) in [6.07, 6.45) is 2.31. The highest BCUT2D eigenvalue weighted by Gasteiger charge is 2.25. The van der Waals surface area contributed by atoms with Gasteiger partial charge in [0.05, 0.1) is 5.57 Å². The topological polar surface area (TPSA) is 54.5 Å². The Balaban J connectivity index is 3.07. The number of carbonyl (C=O) groups excluding carboxylic acids is 3. The van der Waals surface area contributed by atoms with E-state index in [-0.39, 0.29) is 17.1 Å². The molecule has 74 valence electrons. The monoisotopic (exact) mass is 193 g/mol. The van der Waals surface area contributed by atoms with Gasteiger partial charge in [0, 0.05) is 25.7 Å². The fourth-order valence-corrected chi connectivity index (χ4v) is 1.14. The van der Waals surface area contributed by atoms with Gasteiger partial charge in [0.15, 0.2) is 11.6 Å². The Hall–Kier alpha value is -1.71. The van der Waals surface area contributed by atoms with E-state index in [2.05, 4.69) is 0 Å². The van der Waals surface area contributed by atoms with E-state index < -0.39 is 5.91 Å². The first-order valence-corrected chi connectivity index (χ1v) is 4.14. The minimum Gasteiger partial charge on any atom is -0.345 e. The number of hydrogen-bond acceptors (Lipinski definition) is 3. The van der Waals surface area contributed by atoms with Gasteiger partial charge in [-0.1, -0.05) is 0 Å². The summed E-state index contributed by atoms with van der Waals surface area (Å²) in [5.74, 6) is -1.12. The van der Waals surface area contributed by atoms with Crippen molar-refractivity contribution in [1.82, 2.24) is 4.90 Å². The molecule has 0 aromatic heterocycles. The lowest BCUT2D eigenvalue weighted by molar-refractivity contribution is -0.127. The van der Waals surface area contributed by atoms with E-state index >= 15 is 0 Å². The minimum absolute atomic E-state index is 0.0556. The van der Waals surface area contributed by atoms with Crippen molar-refractivity contribution >= 4 is 17.5 Å². The van der Waals surface area contributed by atoms with E-state index in [1.807, 2.05) is 0 Å². The average molecular weight is 193 g/mol. The van der Waals surface area contributed by atoms with Crippen LogP contribution in [-0.2, 0) is 14.4 Å². The highest BCUT2D eigenvalue weighted by molar-refractivity contribution is 6.31. The van der Waals surface area contributed by atoms with Gasteiger partial charge in [-0.25, -0.2) is 0 Å². The molecular formula is C10H11NO3. The van der Waals surface area contributed by atoms with Gasteiger partial charge < -0.3 is 4.90 Å². The van der Waals surface area contributed by atoms with E-state index in [1.165, 1.54) is 32.0 Å². The molecule has 0 aliphatic heterocycles. The average Bonchev–Trinajstić information content (AvgIpc) is 2.09. The molecule has 1 rings (SSSR count). The van der Waals surface area contributed by atoms with Crippen LogP contribution in [-0.4, -0.2) is 36.5 Å². The Morgan fingerprint density at radius 1 is 1.21 bits per heavy atom. The van der Waals surface area contributed by atoms with Crippen LogP contribution in [0.25, 0.3) is 0 Å². The standard InChI is InChI=1S/C10H11NO3/c1-6-4-7(12)5-8(9(6)13)10(14)11(2)3/h4-5H,1-3H3. The van der Waals surface area contributed by atoms with Gasteiger partial charge in [-0.3, -0.25) is 14.4 Å². The summed E-state index contributed by atoms with van der Waals surface area (Å²) in [5.41, 5.74) is 0.253. The molecule has 0 unspecified atom stereocenters. The molecule has 0 spiro atoms. The zero-order chi connectivity index (χ0) is 10.9. The number of hydrogen-bond donors (Lipinski definition) is 0. The number of carbonyl (C=O) groups is 3. The molecule has 0 fully saturated rings. The van der Waals surface area contributed by atoms with E-state index in [9.17, 15) is 14.4 Å². The third-order valence-corrected chi connectivity index (χ3v) is 1.88. The van der Waals surface area contributed by atoms with Crippen molar-refractivity contribution in [2.75, 3.05) is 14.1 Å². The summed E-state index contributed by atoms with van der Waals surface area (Å²) >= 11 is 0. The second-order valence-corrected chi connectivity index (χ2v) is 3.32. The number of ketones is 2. The Bertz CT molecular complexity index is 375. The first-order chi connectivity index (χ1) is 6.43. The Morgan fingerprint density at radius 3 is 2.29 bits per heavy atom. The van der Waals surface area contributed by atoms with Gasteiger partial charge in [0.2, 0.25) is 0 Å². The number of nitrogens with zero attached hydrogens (tertiary/aromatic N) is 1.